The first-order valence-corrected chi connectivity index (χ1v) is 14.0. The van der Waals surface area contributed by atoms with Crippen molar-refractivity contribution >= 4 is 16.4 Å². The Hall–Kier alpha value is -1.04. The van der Waals surface area contributed by atoms with Crippen LogP contribution in [0.25, 0.3) is 0 Å². The molecule has 206 valence electrons. The second kappa shape index (κ2) is 32.0. The van der Waals surface area contributed by atoms with E-state index < -0.39 is 16.4 Å². The maximum atomic E-state index is 10.3. The minimum absolute atomic E-state index is 0.332. The highest BCUT2D eigenvalue weighted by Crippen LogP contribution is 2.09. The minimum Gasteiger partial charge on any atom is -0.481 e. The molecule has 0 radical (unpaired) electrons. The molecule has 0 saturated carbocycles. The minimum atomic E-state index is -3.66. The highest BCUT2D eigenvalue weighted by Gasteiger charge is 2.01. The van der Waals surface area contributed by atoms with E-state index in [2.05, 4.69) is 32.8 Å². The van der Waals surface area contributed by atoms with Gasteiger partial charge in [-0.1, -0.05) is 70.4 Å². The van der Waals surface area contributed by atoms with Gasteiger partial charge < -0.3 is 21.9 Å². The van der Waals surface area contributed by atoms with E-state index in [1.165, 1.54) is 70.6 Å². The molecule has 9 nitrogen and oxygen atoms in total. The molecule has 0 aliphatic rings. The van der Waals surface area contributed by atoms with Crippen LogP contribution in [-0.2, 0) is 23.6 Å². The van der Waals surface area contributed by atoms with Crippen LogP contribution in [0.2, 0.25) is 0 Å². The monoisotopic (exact) mass is 511 g/mol. The normalized spacial score (nSPS) is 11.0. The number of carboxylic acids is 1. The van der Waals surface area contributed by atoms with Crippen LogP contribution in [0.5, 0.6) is 0 Å². The number of nitrogens with two attached hydrogens (primary N) is 2. The average Bonchev–Trinajstić information content (AvgIpc) is 2.82. The lowest BCUT2D eigenvalue weighted by Gasteiger charge is -1.99. The molecule has 0 fully saturated rings. The third-order valence-electron chi connectivity index (χ3n) is 4.70. The fourth-order valence-electron chi connectivity index (χ4n) is 2.74. The van der Waals surface area contributed by atoms with Crippen molar-refractivity contribution in [2.45, 2.75) is 96.8 Å². The summed E-state index contributed by atoms with van der Waals surface area (Å²) in [5.74, 6) is -0.664. The van der Waals surface area contributed by atoms with Gasteiger partial charge in [-0.15, -0.1) is 0 Å². The number of aliphatic carboxylic acids is 1. The summed E-state index contributed by atoms with van der Waals surface area (Å²) in [6, 6.07) is 0. The molecule has 0 atom stereocenters. The van der Waals surface area contributed by atoms with Gasteiger partial charge in [-0.05, 0) is 32.1 Å². The van der Waals surface area contributed by atoms with Gasteiger partial charge in [0.05, 0.1) is 14.2 Å². The van der Waals surface area contributed by atoms with Gasteiger partial charge in [-0.2, -0.15) is 8.42 Å². The van der Waals surface area contributed by atoms with Gasteiger partial charge >= 0.3 is 16.4 Å². The number of rotatable bonds is 21. The number of unbranched alkanes of at least 4 members (excludes halogenated alkanes) is 11. The van der Waals surface area contributed by atoms with Crippen molar-refractivity contribution in [3.63, 3.8) is 0 Å². The van der Waals surface area contributed by atoms with E-state index in [1.54, 1.807) is 0 Å². The zero-order valence-electron chi connectivity index (χ0n) is 21.9. The Morgan fingerprint density at radius 3 is 1.56 bits per heavy atom. The molecule has 0 aliphatic carbocycles. The fraction of sp³-hybridized carbons (Fsp3) is 0.875. The van der Waals surface area contributed by atoms with Gasteiger partial charge in [0, 0.05) is 32.6 Å². The molecule has 0 aromatic carbocycles. The van der Waals surface area contributed by atoms with Crippen LogP contribution in [0.15, 0.2) is 12.2 Å². The van der Waals surface area contributed by atoms with E-state index in [0.29, 0.717) is 19.5 Å². The Balaban J connectivity index is -0.000000558. The van der Waals surface area contributed by atoms with Gasteiger partial charge in [0.1, 0.15) is 0 Å². The fourth-order valence-corrected chi connectivity index (χ4v) is 2.88. The van der Waals surface area contributed by atoms with E-state index in [1.807, 2.05) is 0 Å². The highest BCUT2D eigenvalue weighted by atomic mass is 32.3. The number of allylic oxidation sites excluding steroid dienone is 2. The first-order valence-electron chi connectivity index (χ1n) is 12.6. The lowest BCUT2D eigenvalue weighted by atomic mass is 10.1. The Morgan fingerprint density at radius 2 is 1.21 bits per heavy atom. The SMILES string of the molecule is CCCCCCCC/C=C\CCCCCCCC(=O)O.COS(=O)(=O)OC.NCCNCCN. The number of hydrogen-bond donors (Lipinski definition) is 4. The van der Waals surface area contributed by atoms with Crippen LogP contribution >= 0.6 is 0 Å². The molecular weight excluding hydrogens is 458 g/mol. The van der Waals surface area contributed by atoms with Crippen molar-refractivity contribution in [1.82, 2.24) is 5.32 Å². The summed E-state index contributed by atoms with van der Waals surface area (Å²) in [5.41, 5.74) is 10.3. The zero-order chi connectivity index (χ0) is 26.3. The van der Waals surface area contributed by atoms with E-state index in [0.717, 1.165) is 40.2 Å². The van der Waals surface area contributed by atoms with Gasteiger partial charge in [-0.25, -0.2) is 0 Å². The zero-order valence-corrected chi connectivity index (χ0v) is 22.8. The van der Waals surface area contributed by atoms with Crippen LogP contribution in [0, 0.1) is 0 Å². The predicted octanol–water partition coefficient (Wildman–Crippen LogP) is 4.13. The van der Waals surface area contributed by atoms with E-state index in [4.69, 9.17) is 16.6 Å². The molecular formula is C24H53N3O6S. The van der Waals surface area contributed by atoms with Crippen LogP contribution in [0.1, 0.15) is 96.8 Å². The topological polar surface area (TPSA) is 154 Å². The largest absolute Gasteiger partial charge is 0.481 e. The Bertz CT molecular complexity index is 517. The average molecular weight is 512 g/mol. The lowest BCUT2D eigenvalue weighted by Crippen LogP contribution is -2.27. The smallest absolute Gasteiger partial charge is 0.399 e. The number of nitrogens with one attached hydrogen (secondary N) is 1. The van der Waals surface area contributed by atoms with E-state index >= 15 is 0 Å². The van der Waals surface area contributed by atoms with E-state index in [9.17, 15) is 13.2 Å². The molecule has 10 heteroatoms. The van der Waals surface area contributed by atoms with Crippen molar-refractivity contribution in [1.29, 1.82) is 0 Å². The van der Waals surface area contributed by atoms with Crippen molar-refractivity contribution in [2.24, 2.45) is 11.5 Å². The third kappa shape index (κ3) is 41.2. The predicted molar refractivity (Wildman–Crippen MR) is 141 cm³/mol. The third-order valence-corrected chi connectivity index (χ3v) is 5.52. The quantitative estimate of drug-likeness (QED) is 0.131. The molecule has 0 amide bonds. The van der Waals surface area contributed by atoms with Crippen LogP contribution in [-0.4, -0.2) is 59.9 Å². The second-order valence-corrected chi connectivity index (χ2v) is 9.28. The van der Waals surface area contributed by atoms with Gasteiger partial charge in [-0.3, -0.25) is 13.2 Å². The Morgan fingerprint density at radius 1 is 0.794 bits per heavy atom. The van der Waals surface area contributed by atoms with Crippen LogP contribution < -0.4 is 16.8 Å². The number of carbonyl (C=O) groups is 1. The molecule has 0 aromatic rings. The van der Waals surface area contributed by atoms with Crippen LogP contribution in [0.4, 0.5) is 0 Å². The van der Waals surface area contributed by atoms with Crippen molar-refractivity contribution in [2.75, 3.05) is 40.4 Å². The molecule has 0 heterocycles. The van der Waals surface area contributed by atoms with Gasteiger partial charge in [0.2, 0.25) is 0 Å². The van der Waals surface area contributed by atoms with Crippen molar-refractivity contribution < 1.29 is 26.7 Å². The molecule has 6 N–H and O–H groups in total. The summed E-state index contributed by atoms with van der Waals surface area (Å²) in [7, 11) is -1.60. The van der Waals surface area contributed by atoms with Crippen LogP contribution in [0.3, 0.4) is 0 Å². The molecule has 0 spiro atoms. The summed E-state index contributed by atoms with van der Waals surface area (Å²) in [5, 5.41) is 11.5. The summed E-state index contributed by atoms with van der Waals surface area (Å²) in [6.07, 6.45) is 21.2. The maximum absolute atomic E-state index is 10.3. The summed E-state index contributed by atoms with van der Waals surface area (Å²) >= 11 is 0. The first-order chi connectivity index (χ1) is 16.3. The molecule has 0 aliphatic heterocycles. The Labute approximate surface area is 209 Å². The maximum Gasteiger partial charge on any atom is 0.399 e. The summed E-state index contributed by atoms with van der Waals surface area (Å²) in [4.78, 5) is 10.3. The molecule has 34 heavy (non-hydrogen) atoms. The van der Waals surface area contributed by atoms with Crippen molar-refractivity contribution in [3.8, 4) is 0 Å². The summed E-state index contributed by atoms with van der Waals surface area (Å²) in [6.45, 7) is 5.39. The van der Waals surface area contributed by atoms with Gasteiger partial charge in [0.15, 0.2) is 0 Å². The summed E-state index contributed by atoms with van der Waals surface area (Å²) < 4.78 is 27.5. The molecule has 0 unspecified atom stereocenters. The van der Waals surface area contributed by atoms with Crippen molar-refractivity contribution in [3.05, 3.63) is 12.2 Å². The standard InChI is InChI=1S/C18H34O2.C4H13N3.C2H6O4S/c1-2-3-4-5-6-7-8-9-10-11-12-13-14-15-16-17-18(19)20;5-1-3-7-4-2-6;1-5-7(3,4)6-2/h9-10H,2-8,11-17H2,1H3,(H,19,20);7H,1-6H2;1-2H3/b10-9-;;. The molecule has 0 bridgehead atoms. The van der Waals surface area contributed by atoms with Gasteiger partial charge in [0.25, 0.3) is 0 Å². The second-order valence-electron chi connectivity index (χ2n) is 7.80. The lowest BCUT2D eigenvalue weighted by molar-refractivity contribution is -0.137. The number of carboxylic acid groups (broad SMARTS) is 1. The van der Waals surface area contributed by atoms with E-state index in [-0.39, 0.29) is 0 Å². The first kappa shape index (κ1) is 37.5. The molecule has 0 aromatic heterocycles. The Kier molecular flexibility index (Phi) is 35.3. The molecule has 0 rings (SSSR count). The molecule has 0 saturated heterocycles. The number of hydrogen-bond acceptors (Lipinski definition) is 8. The highest BCUT2D eigenvalue weighted by molar-refractivity contribution is 7.81.